The summed E-state index contributed by atoms with van der Waals surface area (Å²) in [6.07, 6.45) is 2.22. The number of thiophene rings is 1. The van der Waals surface area contributed by atoms with E-state index in [-0.39, 0.29) is 5.91 Å². The summed E-state index contributed by atoms with van der Waals surface area (Å²) in [7, 11) is 0. The number of likely N-dealkylation sites (tertiary alicyclic amines) is 1. The first-order valence-electron chi connectivity index (χ1n) is 8.59. The highest BCUT2D eigenvalue weighted by molar-refractivity contribution is 7.12. The zero-order chi connectivity index (χ0) is 17.1. The van der Waals surface area contributed by atoms with Crippen LogP contribution >= 0.6 is 11.3 Å². The molecule has 1 aromatic heterocycles. The Kier molecular flexibility index (Phi) is 5.24. The summed E-state index contributed by atoms with van der Waals surface area (Å²) < 4.78 is 5.94. The summed E-state index contributed by atoms with van der Waals surface area (Å²) in [5.41, 5.74) is 3.39. The number of hydrogen-bond donors (Lipinski definition) is 0. The SMILES string of the molecule is Cc1ccc(C)c(OCc2csc(C(=O)N3CCC(C)CC3)c2)c1. The Morgan fingerprint density at radius 1 is 1.25 bits per heavy atom. The quantitative estimate of drug-likeness (QED) is 0.797. The van der Waals surface area contributed by atoms with Gasteiger partial charge in [-0.05, 0) is 61.2 Å². The maximum absolute atomic E-state index is 12.6. The van der Waals surface area contributed by atoms with Crippen LogP contribution < -0.4 is 4.74 Å². The third-order valence-electron chi connectivity index (χ3n) is 4.67. The third-order valence-corrected chi connectivity index (χ3v) is 5.64. The lowest BCUT2D eigenvalue weighted by molar-refractivity contribution is 0.0702. The Morgan fingerprint density at radius 2 is 2.00 bits per heavy atom. The zero-order valence-electron chi connectivity index (χ0n) is 14.7. The number of benzene rings is 1. The molecule has 1 saturated heterocycles. The van der Waals surface area contributed by atoms with E-state index in [1.165, 1.54) is 16.9 Å². The summed E-state index contributed by atoms with van der Waals surface area (Å²) in [6, 6.07) is 8.20. The second-order valence-corrected chi connectivity index (χ2v) is 7.76. The number of carbonyl (C=O) groups excluding carboxylic acids is 1. The predicted molar refractivity (Wildman–Crippen MR) is 98.9 cm³/mol. The Morgan fingerprint density at radius 3 is 2.75 bits per heavy atom. The van der Waals surface area contributed by atoms with E-state index in [2.05, 4.69) is 39.0 Å². The van der Waals surface area contributed by atoms with Crippen LogP contribution in [0.4, 0.5) is 0 Å². The van der Waals surface area contributed by atoms with Crippen LogP contribution in [-0.2, 0) is 6.61 Å². The average molecular weight is 343 g/mol. The van der Waals surface area contributed by atoms with Crippen molar-refractivity contribution in [1.29, 1.82) is 0 Å². The van der Waals surface area contributed by atoms with E-state index in [0.29, 0.717) is 6.61 Å². The van der Waals surface area contributed by atoms with Crippen molar-refractivity contribution in [3.8, 4) is 5.75 Å². The number of amides is 1. The molecule has 24 heavy (non-hydrogen) atoms. The standard InChI is InChI=1S/C20H25NO2S/c1-14-6-8-21(9-7-14)20(22)19-11-17(13-24-19)12-23-18-10-15(2)4-5-16(18)3/h4-5,10-11,13-14H,6-9,12H2,1-3H3. The van der Waals surface area contributed by atoms with Gasteiger partial charge in [-0.15, -0.1) is 11.3 Å². The largest absolute Gasteiger partial charge is 0.489 e. The topological polar surface area (TPSA) is 29.5 Å². The maximum atomic E-state index is 12.6. The van der Waals surface area contributed by atoms with Gasteiger partial charge >= 0.3 is 0 Å². The molecule has 0 atom stereocenters. The lowest BCUT2D eigenvalue weighted by Gasteiger charge is -2.29. The molecule has 3 nitrogen and oxygen atoms in total. The lowest BCUT2D eigenvalue weighted by Crippen LogP contribution is -2.37. The van der Waals surface area contributed by atoms with Gasteiger partial charge in [0.05, 0.1) is 4.88 Å². The van der Waals surface area contributed by atoms with Crippen LogP contribution in [0.1, 0.15) is 46.1 Å². The number of nitrogens with zero attached hydrogens (tertiary/aromatic N) is 1. The van der Waals surface area contributed by atoms with Crippen molar-refractivity contribution in [2.24, 2.45) is 5.92 Å². The highest BCUT2D eigenvalue weighted by atomic mass is 32.1. The van der Waals surface area contributed by atoms with Crippen molar-refractivity contribution in [2.45, 2.75) is 40.2 Å². The van der Waals surface area contributed by atoms with Crippen molar-refractivity contribution in [1.82, 2.24) is 4.90 Å². The van der Waals surface area contributed by atoms with E-state index in [0.717, 1.165) is 53.6 Å². The molecule has 0 spiro atoms. The number of rotatable bonds is 4. The number of ether oxygens (including phenoxy) is 1. The molecular weight excluding hydrogens is 318 g/mol. The van der Waals surface area contributed by atoms with Crippen LogP contribution in [-0.4, -0.2) is 23.9 Å². The molecular formula is C20H25NO2S. The van der Waals surface area contributed by atoms with Gasteiger partial charge in [-0.2, -0.15) is 0 Å². The van der Waals surface area contributed by atoms with Crippen LogP contribution in [0.3, 0.4) is 0 Å². The van der Waals surface area contributed by atoms with E-state index in [4.69, 9.17) is 4.74 Å². The van der Waals surface area contributed by atoms with Gasteiger partial charge < -0.3 is 9.64 Å². The van der Waals surface area contributed by atoms with Crippen molar-refractivity contribution in [3.05, 3.63) is 51.2 Å². The first-order chi connectivity index (χ1) is 11.5. The van der Waals surface area contributed by atoms with Gasteiger partial charge in [-0.1, -0.05) is 19.1 Å². The zero-order valence-corrected chi connectivity index (χ0v) is 15.5. The van der Waals surface area contributed by atoms with Gasteiger partial charge in [-0.25, -0.2) is 0 Å². The normalized spacial score (nSPS) is 15.5. The number of carbonyl (C=O) groups is 1. The summed E-state index contributed by atoms with van der Waals surface area (Å²) >= 11 is 1.52. The summed E-state index contributed by atoms with van der Waals surface area (Å²) in [5.74, 6) is 1.82. The molecule has 1 fully saturated rings. The van der Waals surface area contributed by atoms with Crippen molar-refractivity contribution >= 4 is 17.2 Å². The molecule has 0 unspecified atom stereocenters. The Hall–Kier alpha value is -1.81. The first kappa shape index (κ1) is 17.0. The second-order valence-electron chi connectivity index (χ2n) is 6.85. The maximum Gasteiger partial charge on any atom is 0.263 e. The molecule has 1 aliphatic heterocycles. The van der Waals surface area contributed by atoms with Gasteiger partial charge in [0.15, 0.2) is 0 Å². The fraction of sp³-hybridized carbons (Fsp3) is 0.450. The molecule has 0 N–H and O–H groups in total. The van der Waals surface area contributed by atoms with Crippen LogP contribution in [0.15, 0.2) is 29.6 Å². The highest BCUT2D eigenvalue weighted by Gasteiger charge is 2.22. The Balaban J connectivity index is 1.61. The summed E-state index contributed by atoms with van der Waals surface area (Å²) in [5, 5.41) is 2.03. The van der Waals surface area contributed by atoms with Gasteiger partial charge in [0.1, 0.15) is 12.4 Å². The molecule has 4 heteroatoms. The summed E-state index contributed by atoms with van der Waals surface area (Å²) in [6.45, 7) is 8.64. The fourth-order valence-electron chi connectivity index (χ4n) is 2.95. The van der Waals surface area contributed by atoms with E-state index in [1.54, 1.807) is 0 Å². The number of hydrogen-bond acceptors (Lipinski definition) is 3. The van der Waals surface area contributed by atoms with Crippen molar-refractivity contribution in [3.63, 3.8) is 0 Å². The van der Waals surface area contributed by atoms with E-state index < -0.39 is 0 Å². The predicted octanol–water partition coefficient (Wildman–Crippen LogP) is 4.82. The van der Waals surface area contributed by atoms with E-state index >= 15 is 0 Å². The minimum atomic E-state index is 0.171. The fourth-order valence-corrected chi connectivity index (χ4v) is 3.82. The van der Waals surface area contributed by atoms with Crippen LogP contribution in [0.2, 0.25) is 0 Å². The molecule has 0 saturated carbocycles. The third kappa shape index (κ3) is 3.99. The molecule has 128 valence electrons. The molecule has 1 aliphatic rings. The monoisotopic (exact) mass is 343 g/mol. The lowest BCUT2D eigenvalue weighted by atomic mass is 9.99. The Bertz CT molecular complexity index is 714. The van der Waals surface area contributed by atoms with Gasteiger partial charge in [0.25, 0.3) is 5.91 Å². The van der Waals surface area contributed by atoms with Gasteiger partial charge in [0, 0.05) is 18.7 Å². The molecule has 2 aromatic rings. The average Bonchev–Trinajstić information content (AvgIpc) is 3.05. The minimum Gasteiger partial charge on any atom is -0.489 e. The van der Waals surface area contributed by atoms with Gasteiger partial charge in [-0.3, -0.25) is 4.79 Å². The molecule has 0 radical (unpaired) electrons. The molecule has 0 bridgehead atoms. The van der Waals surface area contributed by atoms with Crippen molar-refractivity contribution < 1.29 is 9.53 Å². The van der Waals surface area contributed by atoms with Crippen LogP contribution in [0.25, 0.3) is 0 Å². The smallest absolute Gasteiger partial charge is 0.263 e. The summed E-state index contributed by atoms with van der Waals surface area (Å²) in [4.78, 5) is 15.4. The molecule has 1 amide bonds. The van der Waals surface area contributed by atoms with Crippen LogP contribution in [0.5, 0.6) is 5.75 Å². The highest BCUT2D eigenvalue weighted by Crippen LogP contribution is 2.24. The van der Waals surface area contributed by atoms with E-state index in [9.17, 15) is 4.79 Å². The molecule has 3 rings (SSSR count). The molecule has 2 heterocycles. The number of piperidine rings is 1. The molecule has 1 aromatic carbocycles. The van der Waals surface area contributed by atoms with Crippen LogP contribution in [0, 0.1) is 19.8 Å². The van der Waals surface area contributed by atoms with E-state index in [1.807, 2.05) is 16.3 Å². The Labute approximate surface area is 148 Å². The number of aryl methyl sites for hydroxylation is 2. The first-order valence-corrected chi connectivity index (χ1v) is 9.47. The molecule has 0 aliphatic carbocycles. The van der Waals surface area contributed by atoms with Crippen molar-refractivity contribution in [2.75, 3.05) is 13.1 Å². The van der Waals surface area contributed by atoms with Gasteiger partial charge in [0.2, 0.25) is 0 Å². The second kappa shape index (κ2) is 7.39. The minimum absolute atomic E-state index is 0.171.